The van der Waals surface area contributed by atoms with E-state index >= 15 is 0 Å². The summed E-state index contributed by atoms with van der Waals surface area (Å²) in [6, 6.07) is 4.16. The van der Waals surface area contributed by atoms with Crippen LogP contribution in [0.25, 0.3) is 11.4 Å². The van der Waals surface area contributed by atoms with Crippen LogP contribution in [0.15, 0.2) is 29.0 Å². The summed E-state index contributed by atoms with van der Waals surface area (Å²) in [4.78, 5) is 22.6. The van der Waals surface area contributed by atoms with E-state index in [4.69, 9.17) is 9.26 Å². The minimum Gasteiger partial charge on any atom is -0.460 e. The van der Waals surface area contributed by atoms with Gasteiger partial charge in [0, 0.05) is 31.0 Å². The molecule has 0 radical (unpaired) electrons. The van der Waals surface area contributed by atoms with Gasteiger partial charge in [0.1, 0.15) is 5.60 Å². The average molecular weight is 330 g/mol. The maximum atomic E-state index is 12.1. The van der Waals surface area contributed by atoms with Gasteiger partial charge < -0.3 is 14.2 Å². The van der Waals surface area contributed by atoms with E-state index in [1.807, 2.05) is 37.8 Å². The number of carbonyl (C=O) groups excluding carboxylic acids is 1. The first-order valence-electron chi connectivity index (χ1n) is 8.14. The van der Waals surface area contributed by atoms with Gasteiger partial charge in [-0.25, -0.2) is 0 Å². The zero-order valence-electron chi connectivity index (χ0n) is 14.2. The molecule has 3 rings (SSSR count). The number of aromatic nitrogens is 3. The molecule has 0 aromatic carbocycles. The molecule has 7 heteroatoms. The van der Waals surface area contributed by atoms with Crippen LogP contribution in [0.5, 0.6) is 0 Å². The predicted octanol–water partition coefficient (Wildman–Crippen LogP) is 2.69. The molecule has 1 saturated heterocycles. The molecule has 2 aromatic rings. The Labute approximate surface area is 141 Å². The highest BCUT2D eigenvalue weighted by atomic mass is 16.6. The largest absolute Gasteiger partial charge is 0.460 e. The Hall–Kier alpha value is -2.44. The summed E-state index contributed by atoms with van der Waals surface area (Å²) >= 11 is 0. The zero-order valence-corrected chi connectivity index (χ0v) is 14.2. The third kappa shape index (κ3) is 3.90. The first-order valence-corrected chi connectivity index (χ1v) is 8.14. The van der Waals surface area contributed by atoms with Gasteiger partial charge in [-0.15, -0.1) is 0 Å². The SMILES string of the molecule is CC(C)(C)OC(=O)C1CCN(c2nc(-c3ccncc3)no2)CC1. The number of anilines is 1. The highest BCUT2D eigenvalue weighted by molar-refractivity contribution is 5.73. The molecule has 1 aliphatic heterocycles. The van der Waals surface area contributed by atoms with Crippen LogP contribution in [0.1, 0.15) is 33.6 Å². The second-order valence-electron chi connectivity index (χ2n) is 6.93. The van der Waals surface area contributed by atoms with Crippen molar-refractivity contribution in [1.29, 1.82) is 0 Å². The Bertz CT molecular complexity index is 685. The van der Waals surface area contributed by atoms with Crippen molar-refractivity contribution in [2.45, 2.75) is 39.2 Å². The van der Waals surface area contributed by atoms with Crippen molar-refractivity contribution in [2.75, 3.05) is 18.0 Å². The van der Waals surface area contributed by atoms with Crippen LogP contribution in [0, 0.1) is 5.92 Å². The molecule has 0 spiro atoms. The van der Waals surface area contributed by atoms with E-state index in [0.29, 0.717) is 24.9 Å². The predicted molar refractivity (Wildman–Crippen MR) is 88.3 cm³/mol. The lowest BCUT2D eigenvalue weighted by Gasteiger charge is -2.31. The molecule has 0 N–H and O–H groups in total. The van der Waals surface area contributed by atoms with Crippen molar-refractivity contribution in [2.24, 2.45) is 5.92 Å². The molecule has 1 fully saturated rings. The summed E-state index contributed by atoms with van der Waals surface area (Å²) in [5, 5.41) is 4.02. The van der Waals surface area contributed by atoms with Gasteiger partial charge in [0.15, 0.2) is 0 Å². The van der Waals surface area contributed by atoms with Crippen molar-refractivity contribution in [1.82, 2.24) is 15.1 Å². The maximum absolute atomic E-state index is 12.1. The second kappa shape index (κ2) is 6.59. The van der Waals surface area contributed by atoms with Crippen LogP contribution in [0.2, 0.25) is 0 Å². The summed E-state index contributed by atoms with van der Waals surface area (Å²) in [5.74, 6) is 0.356. The fourth-order valence-electron chi connectivity index (χ4n) is 2.65. The van der Waals surface area contributed by atoms with Gasteiger partial charge in [0.25, 0.3) is 0 Å². The van der Waals surface area contributed by atoms with Gasteiger partial charge in [-0.2, -0.15) is 4.98 Å². The molecule has 7 nitrogen and oxygen atoms in total. The molecule has 0 aliphatic carbocycles. The number of hydrogen-bond donors (Lipinski definition) is 0. The van der Waals surface area contributed by atoms with Crippen LogP contribution < -0.4 is 4.90 Å². The van der Waals surface area contributed by atoms with Crippen molar-refractivity contribution in [3.63, 3.8) is 0 Å². The smallest absolute Gasteiger partial charge is 0.324 e. The van der Waals surface area contributed by atoms with Crippen LogP contribution in [-0.2, 0) is 9.53 Å². The molecule has 2 aromatic heterocycles. The van der Waals surface area contributed by atoms with Gasteiger partial charge in [-0.05, 0) is 45.7 Å². The van der Waals surface area contributed by atoms with Crippen LogP contribution in [0.3, 0.4) is 0 Å². The number of rotatable bonds is 3. The number of ether oxygens (including phenoxy) is 1. The number of esters is 1. The lowest BCUT2D eigenvalue weighted by molar-refractivity contribution is -0.160. The second-order valence-corrected chi connectivity index (χ2v) is 6.93. The van der Waals surface area contributed by atoms with Crippen molar-refractivity contribution < 1.29 is 14.1 Å². The Morgan fingerprint density at radius 3 is 2.54 bits per heavy atom. The summed E-state index contributed by atoms with van der Waals surface area (Å²) in [5.41, 5.74) is 0.420. The quantitative estimate of drug-likeness (QED) is 0.800. The lowest BCUT2D eigenvalue weighted by atomic mass is 9.97. The van der Waals surface area contributed by atoms with Gasteiger partial charge in [0.2, 0.25) is 5.82 Å². The van der Waals surface area contributed by atoms with Crippen LogP contribution in [-0.4, -0.2) is 39.8 Å². The fourth-order valence-corrected chi connectivity index (χ4v) is 2.65. The van der Waals surface area contributed by atoms with E-state index in [0.717, 1.165) is 18.4 Å². The van der Waals surface area contributed by atoms with E-state index in [1.165, 1.54) is 0 Å². The van der Waals surface area contributed by atoms with Crippen molar-refractivity contribution in [3.8, 4) is 11.4 Å². The van der Waals surface area contributed by atoms with Gasteiger partial charge in [-0.3, -0.25) is 9.78 Å². The standard InChI is InChI=1S/C17H22N4O3/c1-17(2,3)23-15(22)13-6-10-21(11-7-13)16-19-14(20-24-16)12-4-8-18-9-5-12/h4-5,8-9,13H,6-7,10-11H2,1-3H3. The summed E-state index contributed by atoms with van der Waals surface area (Å²) < 4.78 is 10.8. The molecule has 1 aliphatic rings. The van der Waals surface area contributed by atoms with Crippen molar-refractivity contribution in [3.05, 3.63) is 24.5 Å². The molecule has 0 atom stereocenters. The molecule has 0 saturated carbocycles. The lowest BCUT2D eigenvalue weighted by Crippen LogP contribution is -2.39. The average Bonchev–Trinajstić information content (AvgIpc) is 3.04. The number of nitrogens with zero attached hydrogens (tertiary/aromatic N) is 4. The summed E-state index contributed by atoms with van der Waals surface area (Å²) in [6.07, 6.45) is 4.83. The molecular weight excluding hydrogens is 308 g/mol. The van der Waals surface area contributed by atoms with E-state index in [1.54, 1.807) is 12.4 Å². The monoisotopic (exact) mass is 330 g/mol. The fraction of sp³-hybridized carbons (Fsp3) is 0.529. The minimum absolute atomic E-state index is 0.0666. The van der Waals surface area contributed by atoms with E-state index in [2.05, 4.69) is 15.1 Å². The van der Waals surface area contributed by atoms with Gasteiger partial charge in [-0.1, -0.05) is 5.16 Å². The minimum atomic E-state index is -0.444. The summed E-state index contributed by atoms with van der Waals surface area (Å²) in [7, 11) is 0. The van der Waals surface area contributed by atoms with Crippen LogP contribution >= 0.6 is 0 Å². The van der Waals surface area contributed by atoms with Crippen LogP contribution in [0.4, 0.5) is 6.01 Å². The third-order valence-corrected chi connectivity index (χ3v) is 3.86. The van der Waals surface area contributed by atoms with Gasteiger partial charge in [0.05, 0.1) is 5.92 Å². The topological polar surface area (TPSA) is 81.4 Å². The van der Waals surface area contributed by atoms with E-state index in [9.17, 15) is 4.79 Å². The first kappa shape index (κ1) is 16.4. The number of hydrogen-bond acceptors (Lipinski definition) is 7. The number of carbonyl (C=O) groups is 1. The molecule has 128 valence electrons. The molecule has 0 bridgehead atoms. The maximum Gasteiger partial charge on any atom is 0.324 e. The van der Waals surface area contributed by atoms with Crippen molar-refractivity contribution >= 4 is 12.0 Å². The van der Waals surface area contributed by atoms with E-state index < -0.39 is 5.60 Å². The first-order chi connectivity index (χ1) is 11.4. The zero-order chi connectivity index (χ0) is 17.2. The molecule has 3 heterocycles. The van der Waals surface area contributed by atoms with E-state index in [-0.39, 0.29) is 11.9 Å². The molecule has 24 heavy (non-hydrogen) atoms. The Balaban J connectivity index is 1.59. The highest BCUT2D eigenvalue weighted by Crippen LogP contribution is 2.26. The summed E-state index contributed by atoms with van der Waals surface area (Å²) in [6.45, 7) is 7.06. The van der Waals surface area contributed by atoms with Gasteiger partial charge >= 0.3 is 12.0 Å². The third-order valence-electron chi connectivity index (χ3n) is 3.86. The number of pyridine rings is 1. The normalized spacial score (nSPS) is 16.2. The molecule has 0 amide bonds. The number of piperidine rings is 1. The highest BCUT2D eigenvalue weighted by Gasteiger charge is 2.30. The Morgan fingerprint density at radius 2 is 1.92 bits per heavy atom. The molecular formula is C17H22N4O3. The molecule has 0 unspecified atom stereocenters. The Morgan fingerprint density at radius 1 is 1.25 bits per heavy atom. The Kier molecular flexibility index (Phi) is 4.51.